The minimum Gasteiger partial charge on any atom is -0.483 e. The monoisotopic (exact) mass is 523 g/mol. The van der Waals surface area contributed by atoms with Crippen molar-refractivity contribution in [1.29, 1.82) is 0 Å². The first-order chi connectivity index (χ1) is 17.7. The number of carbonyl (C=O) groups is 2. The molecule has 0 unspecified atom stereocenters. The number of amides is 2. The molecule has 0 bridgehead atoms. The average Bonchev–Trinajstić information content (AvgIpc) is 3.26. The van der Waals surface area contributed by atoms with Crippen LogP contribution in [0.15, 0.2) is 47.6 Å². The Morgan fingerprint density at radius 2 is 1.73 bits per heavy atom. The molecule has 0 radical (unpaired) electrons. The van der Waals surface area contributed by atoms with Gasteiger partial charge in [-0.1, -0.05) is 69.8 Å². The number of anilines is 1. The van der Waals surface area contributed by atoms with Gasteiger partial charge in [-0.15, -0.1) is 10.2 Å². The van der Waals surface area contributed by atoms with Crippen LogP contribution in [0.3, 0.4) is 0 Å². The van der Waals surface area contributed by atoms with Crippen molar-refractivity contribution in [2.45, 2.75) is 71.6 Å². The first kappa shape index (κ1) is 28.2. The molecule has 0 fully saturated rings. The van der Waals surface area contributed by atoms with Crippen molar-refractivity contribution in [2.24, 2.45) is 0 Å². The van der Waals surface area contributed by atoms with E-state index in [2.05, 4.69) is 48.5 Å². The molecule has 198 valence electrons. The third-order valence-corrected chi connectivity index (χ3v) is 6.86. The second-order valence-corrected chi connectivity index (χ2v) is 10.4. The zero-order chi connectivity index (χ0) is 26.9. The lowest BCUT2D eigenvalue weighted by molar-refractivity contribution is -0.123. The topological polar surface area (TPSA) is 98.1 Å². The Hall–Kier alpha value is -3.33. The predicted octanol–water partition coefficient (Wildman–Crippen LogP) is 5.28. The van der Waals surface area contributed by atoms with Crippen molar-refractivity contribution in [3.63, 3.8) is 0 Å². The molecule has 0 aliphatic heterocycles. The van der Waals surface area contributed by atoms with Gasteiger partial charge in [-0.2, -0.15) is 0 Å². The lowest BCUT2D eigenvalue weighted by Gasteiger charge is -2.15. The molecule has 37 heavy (non-hydrogen) atoms. The molecule has 3 aromatic rings. The molecular formula is C28H37N5O3S. The van der Waals surface area contributed by atoms with Crippen LogP contribution in [0.2, 0.25) is 0 Å². The highest BCUT2D eigenvalue weighted by atomic mass is 32.2. The number of hydrogen-bond donors (Lipinski definition) is 2. The molecular weight excluding hydrogens is 486 g/mol. The summed E-state index contributed by atoms with van der Waals surface area (Å²) >= 11 is 1.32. The molecule has 1 aromatic heterocycles. The van der Waals surface area contributed by atoms with Crippen LogP contribution in [0, 0.1) is 6.92 Å². The fourth-order valence-electron chi connectivity index (χ4n) is 3.92. The summed E-state index contributed by atoms with van der Waals surface area (Å²) in [5.74, 6) is 1.83. The third-order valence-electron chi connectivity index (χ3n) is 5.89. The van der Waals surface area contributed by atoms with E-state index in [-0.39, 0.29) is 30.7 Å². The summed E-state index contributed by atoms with van der Waals surface area (Å²) in [4.78, 5) is 25.1. The first-order valence-electron chi connectivity index (χ1n) is 12.6. The maximum atomic E-state index is 12.6. The summed E-state index contributed by atoms with van der Waals surface area (Å²) in [6, 6.07) is 13.9. The van der Waals surface area contributed by atoms with Gasteiger partial charge >= 0.3 is 0 Å². The van der Waals surface area contributed by atoms with Crippen molar-refractivity contribution < 1.29 is 14.3 Å². The van der Waals surface area contributed by atoms with Crippen LogP contribution in [-0.4, -0.2) is 38.9 Å². The van der Waals surface area contributed by atoms with Gasteiger partial charge in [0, 0.05) is 12.2 Å². The van der Waals surface area contributed by atoms with Gasteiger partial charge in [0.05, 0.1) is 12.3 Å². The predicted molar refractivity (Wildman–Crippen MR) is 148 cm³/mol. The van der Waals surface area contributed by atoms with Crippen LogP contribution < -0.4 is 15.4 Å². The summed E-state index contributed by atoms with van der Waals surface area (Å²) in [6.45, 7) is 13.1. The van der Waals surface area contributed by atoms with E-state index < -0.39 is 0 Å². The summed E-state index contributed by atoms with van der Waals surface area (Å²) in [5, 5.41) is 15.0. The molecule has 0 atom stereocenters. The van der Waals surface area contributed by atoms with Gasteiger partial charge in [-0.3, -0.25) is 9.59 Å². The minimum atomic E-state index is -0.237. The van der Waals surface area contributed by atoms with E-state index >= 15 is 0 Å². The number of ether oxygens (including phenoxy) is 1. The number of nitrogens with zero attached hydrogens (tertiary/aromatic N) is 3. The molecule has 0 saturated carbocycles. The minimum absolute atomic E-state index is 0.0803. The zero-order valence-electron chi connectivity index (χ0n) is 22.5. The number of thioether (sulfide) groups is 1. The van der Waals surface area contributed by atoms with E-state index in [1.54, 1.807) is 0 Å². The second kappa shape index (κ2) is 13.3. The standard InChI is InChI=1S/C28H37N5O3S/c1-7-33-25(15-29-26(34)16-36-24-14-20(6)12-13-22(24)19(4)5)31-32-28(33)37-17-27(35)30-23-11-9-8-10-21(23)18(2)3/h8-14,18-19H,7,15-17H2,1-6H3,(H,29,34)(H,30,35). The number of para-hydroxylation sites is 1. The van der Waals surface area contributed by atoms with Crippen LogP contribution in [0.5, 0.6) is 5.75 Å². The Balaban J connectivity index is 1.53. The molecule has 2 N–H and O–H groups in total. The van der Waals surface area contributed by atoms with Crippen LogP contribution >= 0.6 is 11.8 Å². The van der Waals surface area contributed by atoms with Gasteiger partial charge in [-0.05, 0) is 54.5 Å². The third kappa shape index (κ3) is 7.82. The van der Waals surface area contributed by atoms with Gasteiger partial charge in [0.1, 0.15) is 5.75 Å². The maximum absolute atomic E-state index is 12.6. The van der Waals surface area contributed by atoms with Gasteiger partial charge in [0.15, 0.2) is 17.6 Å². The molecule has 1 heterocycles. The number of nitrogens with one attached hydrogen (secondary N) is 2. The highest BCUT2D eigenvalue weighted by molar-refractivity contribution is 7.99. The van der Waals surface area contributed by atoms with Crippen LogP contribution in [-0.2, 0) is 22.7 Å². The second-order valence-electron chi connectivity index (χ2n) is 9.48. The van der Waals surface area contributed by atoms with Gasteiger partial charge in [-0.25, -0.2) is 0 Å². The fraction of sp³-hybridized carbons (Fsp3) is 0.429. The summed E-state index contributed by atoms with van der Waals surface area (Å²) in [5.41, 5.74) is 4.08. The van der Waals surface area contributed by atoms with E-state index in [0.29, 0.717) is 29.4 Å². The number of carbonyl (C=O) groups excluding carboxylic acids is 2. The molecule has 0 spiro atoms. The van der Waals surface area contributed by atoms with Gasteiger partial charge in [0.25, 0.3) is 5.91 Å². The lowest BCUT2D eigenvalue weighted by atomic mass is 10.0. The van der Waals surface area contributed by atoms with E-state index in [0.717, 1.165) is 28.1 Å². The van der Waals surface area contributed by atoms with Crippen molar-refractivity contribution in [2.75, 3.05) is 17.7 Å². The number of benzene rings is 2. The van der Waals surface area contributed by atoms with Crippen molar-refractivity contribution in [3.05, 3.63) is 65.0 Å². The van der Waals surface area contributed by atoms with Crippen LogP contribution in [0.4, 0.5) is 5.69 Å². The average molecular weight is 524 g/mol. The normalized spacial score (nSPS) is 11.1. The van der Waals surface area contributed by atoms with E-state index in [1.807, 2.05) is 60.9 Å². The summed E-state index contributed by atoms with van der Waals surface area (Å²) < 4.78 is 7.73. The van der Waals surface area contributed by atoms with E-state index in [4.69, 9.17) is 4.74 Å². The molecule has 0 aliphatic rings. The summed E-state index contributed by atoms with van der Waals surface area (Å²) in [6.07, 6.45) is 0. The van der Waals surface area contributed by atoms with E-state index in [1.165, 1.54) is 11.8 Å². The van der Waals surface area contributed by atoms with Crippen molar-refractivity contribution in [1.82, 2.24) is 20.1 Å². The summed E-state index contributed by atoms with van der Waals surface area (Å²) in [7, 11) is 0. The highest BCUT2D eigenvalue weighted by Gasteiger charge is 2.16. The smallest absolute Gasteiger partial charge is 0.258 e. The number of aromatic nitrogens is 3. The SMILES string of the molecule is CCn1c(CNC(=O)COc2cc(C)ccc2C(C)C)nnc1SCC(=O)Nc1ccccc1C(C)C. The molecule has 2 aromatic carbocycles. The molecule has 2 amide bonds. The lowest BCUT2D eigenvalue weighted by Crippen LogP contribution is -2.29. The Bertz CT molecular complexity index is 1220. The first-order valence-corrected chi connectivity index (χ1v) is 13.6. The molecule has 9 heteroatoms. The number of rotatable bonds is 12. The number of hydrogen-bond acceptors (Lipinski definition) is 6. The van der Waals surface area contributed by atoms with Crippen molar-refractivity contribution in [3.8, 4) is 5.75 Å². The van der Waals surface area contributed by atoms with Gasteiger partial charge in [0.2, 0.25) is 5.91 Å². The molecule has 8 nitrogen and oxygen atoms in total. The molecule has 0 saturated heterocycles. The maximum Gasteiger partial charge on any atom is 0.258 e. The van der Waals surface area contributed by atoms with Crippen LogP contribution in [0.25, 0.3) is 0 Å². The van der Waals surface area contributed by atoms with Gasteiger partial charge < -0.3 is 19.9 Å². The largest absolute Gasteiger partial charge is 0.483 e. The zero-order valence-corrected chi connectivity index (χ0v) is 23.3. The Kier molecular flexibility index (Phi) is 10.1. The Morgan fingerprint density at radius 1 is 1.00 bits per heavy atom. The Morgan fingerprint density at radius 3 is 2.43 bits per heavy atom. The fourth-order valence-corrected chi connectivity index (χ4v) is 4.74. The molecule has 3 rings (SSSR count). The molecule has 0 aliphatic carbocycles. The highest BCUT2D eigenvalue weighted by Crippen LogP contribution is 2.27. The van der Waals surface area contributed by atoms with Crippen molar-refractivity contribution >= 4 is 29.3 Å². The quantitative estimate of drug-likeness (QED) is 0.314. The number of aryl methyl sites for hydroxylation is 1. The van der Waals surface area contributed by atoms with E-state index in [9.17, 15) is 9.59 Å². The van der Waals surface area contributed by atoms with Crippen LogP contribution in [0.1, 0.15) is 69.0 Å². The Labute approximate surface area is 223 Å².